The monoisotopic (exact) mass is 266 g/mol. The van der Waals surface area contributed by atoms with Crippen molar-refractivity contribution in [1.29, 1.82) is 0 Å². The van der Waals surface area contributed by atoms with E-state index >= 15 is 0 Å². The third-order valence-corrected chi connectivity index (χ3v) is 4.42. The summed E-state index contributed by atoms with van der Waals surface area (Å²) in [6, 6.07) is 0. The van der Waals surface area contributed by atoms with Crippen molar-refractivity contribution in [2.24, 2.45) is 0 Å². The van der Waals surface area contributed by atoms with Gasteiger partial charge in [0.1, 0.15) is 0 Å². The summed E-state index contributed by atoms with van der Waals surface area (Å²) >= 11 is 0. The molecular weight excluding hydrogens is 240 g/mol. The van der Waals surface area contributed by atoms with Gasteiger partial charge < -0.3 is 5.11 Å². The van der Waals surface area contributed by atoms with E-state index in [2.05, 4.69) is 6.92 Å². The van der Waals surface area contributed by atoms with Crippen molar-refractivity contribution < 1.29 is 18.1 Å². The topological polar surface area (TPSA) is 74.6 Å². The van der Waals surface area contributed by atoms with Crippen molar-refractivity contribution in [3.05, 3.63) is 0 Å². The predicted molar refractivity (Wildman–Crippen MR) is 69.6 cm³/mol. The van der Waals surface area contributed by atoms with Crippen molar-refractivity contribution in [3.63, 3.8) is 0 Å². The van der Waals surface area contributed by atoms with Gasteiger partial charge in [-0.1, -0.05) is 46.0 Å². The normalized spacial score (nSPS) is 15.8. The Kier molecular flexibility index (Phi) is 8.82. The minimum Gasteiger partial charge on any atom is -0.393 e. The first-order valence-electron chi connectivity index (χ1n) is 6.56. The second-order valence-electron chi connectivity index (χ2n) is 4.64. The van der Waals surface area contributed by atoms with Gasteiger partial charge in [-0.3, -0.25) is 4.55 Å². The van der Waals surface area contributed by atoms with Crippen LogP contribution in [0.2, 0.25) is 0 Å². The fourth-order valence-corrected chi connectivity index (χ4v) is 2.79. The standard InChI is InChI=1S/C12H26O4S/c1-3-5-6-7-8-9-11(13)10-12(4-2)17(14,15)16/h11-13H,3-10H2,1-2H3,(H,14,15,16). The summed E-state index contributed by atoms with van der Waals surface area (Å²) in [5, 5.41) is 8.87. The molecule has 2 atom stereocenters. The van der Waals surface area contributed by atoms with Gasteiger partial charge in [-0.15, -0.1) is 0 Å². The van der Waals surface area contributed by atoms with Crippen LogP contribution in [0.25, 0.3) is 0 Å². The third-order valence-electron chi connectivity index (χ3n) is 3.05. The molecule has 0 saturated carbocycles. The molecule has 0 bridgehead atoms. The molecule has 17 heavy (non-hydrogen) atoms. The molecule has 0 spiro atoms. The Hall–Kier alpha value is -0.130. The molecule has 0 saturated heterocycles. The molecular formula is C12H26O4S. The Bertz CT molecular complexity index is 274. The largest absolute Gasteiger partial charge is 0.393 e. The summed E-state index contributed by atoms with van der Waals surface area (Å²) in [5.41, 5.74) is 0. The lowest BCUT2D eigenvalue weighted by Gasteiger charge is -2.16. The van der Waals surface area contributed by atoms with Gasteiger partial charge in [-0.25, -0.2) is 0 Å². The Morgan fingerprint density at radius 2 is 1.65 bits per heavy atom. The number of unbranched alkanes of at least 4 members (excludes halogenated alkanes) is 4. The highest BCUT2D eigenvalue weighted by atomic mass is 32.2. The second kappa shape index (κ2) is 8.89. The average Bonchev–Trinajstić information content (AvgIpc) is 2.24. The molecule has 4 nitrogen and oxygen atoms in total. The molecule has 0 aliphatic carbocycles. The van der Waals surface area contributed by atoms with E-state index in [-0.39, 0.29) is 6.42 Å². The fraction of sp³-hybridized carbons (Fsp3) is 1.00. The molecule has 5 heteroatoms. The molecule has 0 aliphatic heterocycles. The molecule has 2 N–H and O–H groups in total. The minimum absolute atomic E-state index is 0.142. The number of aliphatic hydroxyl groups is 1. The van der Waals surface area contributed by atoms with Gasteiger partial charge in [-0.2, -0.15) is 8.42 Å². The molecule has 0 radical (unpaired) electrons. The minimum atomic E-state index is -4.01. The van der Waals surface area contributed by atoms with Gasteiger partial charge in [-0.05, 0) is 19.3 Å². The lowest BCUT2D eigenvalue weighted by Crippen LogP contribution is -2.25. The van der Waals surface area contributed by atoms with Crippen LogP contribution in [0.3, 0.4) is 0 Å². The summed E-state index contributed by atoms with van der Waals surface area (Å²) in [7, 11) is -4.01. The molecule has 0 aromatic carbocycles. The molecule has 104 valence electrons. The highest BCUT2D eigenvalue weighted by molar-refractivity contribution is 7.86. The molecule has 0 amide bonds. The maximum Gasteiger partial charge on any atom is 0.267 e. The van der Waals surface area contributed by atoms with Gasteiger partial charge in [0.05, 0.1) is 11.4 Å². The quantitative estimate of drug-likeness (QED) is 0.471. The van der Waals surface area contributed by atoms with Crippen molar-refractivity contribution in [2.45, 2.75) is 76.6 Å². The highest BCUT2D eigenvalue weighted by Gasteiger charge is 2.23. The summed E-state index contributed by atoms with van der Waals surface area (Å²) in [4.78, 5) is 0. The molecule has 0 aliphatic rings. The van der Waals surface area contributed by atoms with Gasteiger partial charge in [0.25, 0.3) is 10.1 Å². The Labute approximate surface area is 105 Å². The van der Waals surface area contributed by atoms with Crippen LogP contribution in [-0.4, -0.2) is 29.4 Å². The van der Waals surface area contributed by atoms with E-state index in [9.17, 15) is 13.5 Å². The average molecular weight is 266 g/mol. The van der Waals surface area contributed by atoms with Gasteiger partial charge in [0.15, 0.2) is 0 Å². The van der Waals surface area contributed by atoms with Crippen molar-refractivity contribution >= 4 is 10.1 Å². The number of aliphatic hydroxyl groups excluding tert-OH is 1. The summed E-state index contributed by atoms with van der Waals surface area (Å²) < 4.78 is 30.8. The lowest BCUT2D eigenvalue weighted by atomic mass is 10.0. The van der Waals surface area contributed by atoms with Gasteiger partial charge in [0.2, 0.25) is 0 Å². The number of hydrogen-bond donors (Lipinski definition) is 2. The Morgan fingerprint density at radius 3 is 2.12 bits per heavy atom. The van der Waals surface area contributed by atoms with Crippen LogP contribution in [0.4, 0.5) is 0 Å². The maximum absolute atomic E-state index is 11.0. The van der Waals surface area contributed by atoms with Crippen LogP contribution in [0.1, 0.15) is 65.2 Å². The van der Waals surface area contributed by atoms with Gasteiger partial charge >= 0.3 is 0 Å². The van der Waals surface area contributed by atoms with E-state index < -0.39 is 21.5 Å². The van der Waals surface area contributed by atoms with Crippen LogP contribution < -0.4 is 0 Å². The first-order chi connectivity index (χ1) is 7.91. The summed E-state index contributed by atoms with van der Waals surface area (Å²) in [5.74, 6) is 0. The maximum atomic E-state index is 11.0. The van der Waals surface area contributed by atoms with Gasteiger partial charge in [0, 0.05) is 0 Å². The summed E-state index contributed by atoms with van der Waals surface area (Å²) in [6.45, 7) is 3.85. The number of rotatable bonds is 10. The molecule has 0 aromatic rings. The molecule has 0 heterocycles. The van der Waals surface area contributed by atoms with Crippen LogP contribution in [0.5, 0.6) is 0 Å². The zero-order valence-electron chi connectivity index (χ0n) is 10.9. The fourth-order valence-electron chi connectivity index (χ4n) is 1.90. The van der Waals surface area contributed by atoms with E-state index in [1.54, 1.807) is 6.92 Å². The Balaban J connectivity index is 3.80. The van der Waals surface area contributed by atoms with Crippen molar-refractivity contribution in [1.82, 2.24) is 0 Å². The third kappa shape index (κ3) is 8.57. The van der Waals surface area contributed by atoms with Crippen LogP contribution in [0.15, 0.2) is 0 Å². The molecule has 0 fully saturated rings. The second-order valence-corrected chi connectivity index (χ2v) is 6.33. The first kappa shape index (κ1) is 16.9. The van der Waals surface area contributed by atoms with Crippen LogP contribution in [-0.2, 0) is 10.1 Å². The molecule has 0 rings (SSSR count). The zero-order chi connectivity index (χ0) is 13.3. The first-order valence-corrected chi connectivity index (χ1v) is 8.06. The highest BCUT2D eigenvalue weighted by Crippen LogP contribution is 2.16. The molecule has 0 aromatic heterocycles. The van der Waals surface area contributed by atoms with E-state index in [0.29, 0.717) is 12.8 Å². The van der Waals surface area contributed by atoms with Crippen LogP contribution >= 0.6 is 0 Å². The van der Waals surface area contributed by atoms with Crippen molar-refractivity contribution in [2.75, 3.05) is 0 Å². The SMILES string of the molecule is CCCCCCCC(O)CC(CC)S(=O)(=O)O. The zero-order valence-corrected chi connectivity index (χ0v) is 11.7. The molecule has 2 unspecified atom stereocenters. The van der Waals surface area contributed by atoms with Crippen LogP contribution in [0, 0.1) is 0 Å². The van der Waals surface area contributed by atoms with Crippen molar-refractivity contribution in [3.8, 4) is 0 Å². The number of hydrogen-bond acceptors (Lipinski definition) is 3. The summed E-state index contributed by atoms with van der Waals surface area (Å²) in [6.07, 6.45) is 6.03. The predicted octanol–water partition coefficient (Wildman–Crippen LogP) is 2.76. The van der Waals surface area contributed by atoms with E-state index in [1.807, 2.05) is 0 Å². The van der Waals surface area contributed by atoms with E-state index in [0.717, 1.165) is 12.8 Å². The van der Waals surface area contributed by atoms with E-state index in [1.165, 1.54) is 19.3 Å². The Morgan fingerprint density at radius 1 is 1.06 bits per heavy atom. The lowest BCUT2D eigenvalue weighted by molar-refractivity contribution is 0.147. The van der Waals surface area contributed by atoms with E-state index in [4.69, 9.17) is 4.55 Å². The smallest absolute Gasteiger partial charge is 0.267 e.